The monoisotopic (exact) mass is 394 g/mol. The van der Waals surface area contributed by atoms with Crippen LogP contribution in [0.3, 0.4) is 0 Å². The Morgan fingerprint density at radius 2 is 1.63 bits per heavy atom. The number of ketones is 1. The minimum absolute atomic E-state index is 0.00568. The molecule has 0 aromatic heterocycles. The van der Waals surface area contributed by atoms with Crippen molar-refractivity contribution in [2.24, 2.45) is 5.73 Å². The number of ether oxygens (including phenoxy) is 1. The summed E-state index contributed by atoms with van der Waals surface area (Å²) >= 11 is 0. The fourth-order valence-corrected chi connectivity index (χ4v) is 4.21. The van der Waals surface area contributed by atoms with Crippen molar-refractivity contribution in [3.63, 3.8) is 0 Å². The predicted octanol–water partition coefficient (Wildman–Crippen LogP) is 4.89. The van der Waals surface area contributed by atoms with Crippen LogP contribution < -0.4 is 5.73 Å². The Balaban J connectivity index is 2.03. The van der Waals surface area contributed by atoms with Crippen LogP contribution in [0.2, 0.25) is 0 Å². The Labute approximate surface area is 176 Å². The summed E-state index contributed by atoms with van der Waals surface area (Å²) in [4.78, 5) is 14.1. The van der Waals surface area contributed by atoms with Gasteiger partial charge in [-0.3, -0.25) is 4.79 Å². The molecular weight excluding hydrogens is 372 g/mol. The lowest BCUT2D eigenvalue weighted by molar-refractivity contribution is 0.0135. The lowest BCUT2D eigenvalue weighted by atomic mass is 9.71. The minimum Gasteiger partial charge on any atom is -0.458 e. The Morgan fingerprint density at radius 3 is 2.27 bits per heavy atom. The topological polar surface area (TPSA) is 76.1 Å². The van der Waals surface area contributed by atoms with Gasteiger partial charge in [-0.25, -0.2) is 0 Å². The summed E-state index contributed by atoms with van der Waals surface area (Å²) in [5.41, 5.74) is 8.96. The Bertz CT molecular complexity index is 1190. The van der Waals surface area contributed by atoms with Gasteiger partial charge in [-0.05, 0) is 25.5 Å². The van der Waals surface area contributed by atoms with Gasteiger partial charge in [0.25, 0.3) is 0 Å². The van der Waals surface area contributed by atoms with Crippen LogP contribution in [-0.2, 0) is 10.3 Å². The zero-order valence-electron chi connectivity index (χ0n) is 16.9. The van der Waals surface area contributed by atoms with Gasteiger partial charge >= 0.3 is 0 Å². The van der Waals surface area contributed by atoms with E-state index in [0.717, 1.165) is 16.7 Å². The molecule has 0 bridgehead atoms. The third kappa shape index (κ3) is 3.05. The molecule has 2 atom stereocenters. The maximum absolute atomic E-state index is 14.1. The molecule has 4 rings (SSSR count). The van der Waals surface area contributed by atoms with Gasteiger partial charge in [0.1, 0.15) is 11.6 Å². The van der Waals surface area contributed by atoms with Crippen molar-refractivity contribution in [1.29, 1.82) is 5.26 Å². The maximum atomic E-state index is 14.1. The molecule has 0 aliphatic carbocycles. The summed E-state index contributed by atoms with van der Waals surface area (Å²) in [7, 11) is 0. The number of aryl methyl sites for hydroxylation is 2. The van der Waals surface area contributed by atoms with E-state index >= 15 is 0 Å². The Morgan fingerprint density at radius 1 is 0.967 bits per heavy atom. The number of hydrogen-bond acceptors (Lipinski definition) is 4. The molecular formula is C26H22N2O2. The number of hydrogen-bond donors (Lipinski definition) is 1. The number of Topliss-reactive ketones (excluding diaryl/α,β-unsaturated/α-hetero) is 1. The van der Waals surface area contributed by atoms with Crippen LogP contribution in [0, 0.1) is 25.2 Å². The van der Waals surface area contributed by atoms with Crippen molar-refractivity contribution in [1.82, 2.24) is 0 Å². The normalized spacial score (nSPS) is 20.5. The van der Waals surface area contributed by atoms with E-state index in [2.05, 4.69) is 6.07 Å². The molecule has 1 aliphatic rings. The number of nitriles is 1. The molecule has 0 fully saturated rings. The van der Waals surface area contributed by atoms with E-state index in [1.54, 1.807) is 6.07 Å². The number of nitrogens with zero attached hydrogens (tertiary/aromatic N) is 1. The van der Waals surface area contributed by atoms with E-state index < -0.39 is 11.5 Å². The smallest absolute Gasteiger partial charge is 0.212 e. The van der Waals surface area contributed by atoms with Crippen LogP contribution in [0.15, 0.2) is 90.3 Å². The maximum Gasteiger partial charge on any atom is 0.212 e. The first-order valence-electron chi connectivity index (χ1n) is 9.79. The standard InChI is InChI=1S/C26H22N2O2/c1-17-8-6-12-20(14-17)24(29)26(21-13-7-9-18(2)15-21)23(19-10-4-3-5-11-19)22(16-27)25(28)30-26/h3-15,23H,28H2,1-2H3/t23-,26-/m0/s1. The van der Waals surface area contributed by atoms with Crippen LogP contribution in [0.1, 0.15) is 38.5 Å². The zero-order chi connectivity index (χ0) is 21.3. The summed E-state index contributed by atoms with van der Waals surface area (Å²) in [5.74, 6) is -0.883. The first-order chi connectivity index (χ1) is 14.5. The fourth-order valence-electron chi connectivity index (χ4n) is 4.21. The quantitative estimate of drug-likeness (QED) is 0.639. The van der Waals surface area contributed by atoms with E-state index in [1.807, 2.05) is 86.6 Å². The minimum atomic E-state index is -1.46. The molecule has 1 heterocycles. The second-order valence-electron chi connectivity index (χ2n) is 7.64. The van der Waals surface area contributed by atoms with Crippen molar-refractivity contribution < 1.29 is 9.53 Å². The molecule has 1 aliphatic heterocycles. The number of rotatable bonds is 4. The number of carbonyl (C=O) groups is 1. The van der Waals surface area contributed by atoms with E-state index in [-0.39, 0.29) is 17.2 Å². The van der Waals surface area contributed by atoms with Gasteiger partial charge in [-0.2, -0.15) is 5.26 Å². The van der Waals surface area contributed by atoms with Crippen molar-refractivity contribution in [3.8, 4) is 6.07 Å². The summed E-state index contributed by atoms with van der Waals surface area (Å²) < 4.78 is 6.20. The fraction of sp³-hybridized carbons (Fsp3) is 0.154. The van der Waals surface area contributed by atoms with Gasteiger partial charge < -0.3 is 10.5 Å². The largest absolute Gasteiger partial charge is 0.458 e. The van der Waals surface area contributed by atoms with Crippen LogP contribution in [-0.4, -0.2) is 5.78 Å². The molecule has 2 N–H and O–H groups in total. The second kappa shape index (κ2) is 7.53. The van der Waals surface area contributed by atoms with Crippen LogP contribution in [0.4, 0.5) is 0 Å². The molecule has 148 valence electrons. The van der Waals surface area contributed by atoms with Gasteiger partial charge in [0.15, 0.2) is 0 Å². The van der Waals surface area contributed by atoms with Crippen molar-refractivity contribution in [3.05, 3.63) is 118 Å². The van der Waals surface area contributed by atoms with E-state index in [1.165, 1.54) is 0 Å². The van der Waals surface area contributed by atoms with Crippen LogP contribution in [0.25, 0.3) is 0 Å². The lowest BCUT2D eigenvalue weighted by Crippen LogP contribution is -2.42. The Kier molecular flexibility index (Phi) is 4.89. The second-order valence-corrected chi connectivity index (χ2v) is 7.64. The third-order valence-electron chi connectivity index (χ3n) is 5.55. The first kappa shape index (κ1) is 19.5. The van der Waals surface area contributed by atoms with E-state index in [9.17, 15) is 10.1 Å². The van der Waals surface area contributed by atoms with Gasteiger partial charge in [0, 0.05) is 11.1 Å². The number of nitrogens with two attached hydrogens (primary N) is 1. The van der Waals surface area contributed by atoms with E-state index in [0.29, 0.717) is 11.1 Å². The molecule has 0 radical (unpaired) electrons. The molecule has 3 aromatic carbocycles. The first-order valence-corrected chi connectivity index (χ1v) is 9.79. The number of carbonyl (C=O) groups excluding carboxylic acids is 1. The summed E-state index contributed by atoms with van der Waals surface area (Å²) in [6.07, 6.45) is 0. The van der Waals surface area contributed by atoms with Crippen LogP contribution in [0.5, 0.6) is 0 Å². The molecule has 4 nitrogen and oxygen atoms in total. The molecule has 0 saturated carbocycles. The van der Waals surface area contributed by atoms with Gasteiger partial charge in [0.05, 0.1) is 5.92 Å². The highest BCUT2D eigenvalue weighted by molar-refractivity contribution is 6.05. The third-order valence-corrected chi connectivity index (χ3v) is 5.55. The highest BCUT2D eigenvalue weighted by Crippen LogP contribution is 2.52. The average Bonchev–Trinajstić information content (AvgIpc) is 3.07. The van der Waals surface area contributed by atoms with Crippen LogP contribution >= 0.6 is 0 Å². The van der Waals surface area contributed by atoms with Gasteiger partial charge in [-0.1, -0.05) is 83.9 Å². The number of benzene rings is 3. The van der Waals surface area contributed by atoms with E-state index in [4.69, 9.17) is 10.5 Å². The molecule has 0 saturated heterocycles. The van der Waals surface area contributed by atoms with Crippen molar-refractivity contribution in [2.45, 2.75) is 25.4 Å². The average molecular weight is 394 g/mol. The molecule has 0 amide bonds. The highest BCUT2D eigenvalue weighted by atomic mass is 16.5. The predicted molar refractivity (Wildman–Crippen MR) is 115 cm³/mol. The van der Waals surface area contributed by atoms with Gasteiger partial charge in [-0.15, -0.1) is 0 Å². The summed E-state index contributed by atoms with van der Waals surface area (Å²) in [6.45, 7) is 3.90. The Hall–Kier alpha value is -3.84. The summed E-state index contributed by atoms with van der Waals surface area (Å²) in [6, 6.07) is 26.7. The zero-order valence-corrected chi connectivity index (χ0v) is 16.9. The lowest BCUT2D eigenvalue weighted by Gasteiger charge is -2.34. The SMILES string of the molecule is Cc1cccc(C(=O)[C@@]2(c3cccc(C)c3)OC(N)=C(C#N)[C@@H]2c2ccccc2)c1. The highest BCUT2D eigenvalue weighted by Gasteiger charge is 2.57. The van der Waals surface area contributed by atoms with Gasteiger partial charge in [0.2, 0.25) is 17.3 Å². The molecule has 3 aromatic rings. The van der Waals surface area contributed by atoms with Crippen molar-refractivity contribution >= 4 is 5.78 Å². The molecule has 0 unspecified atom stereocenters. The molecule has 4 heteroatoms. The molecule has 0 spiro atoms. The summed E-state index contributed by atoms with van der Waals surface area (Å²) in [5, 5.41) is 9.92. The molecule has 30 heavy (non-hydrogen) atoms. The van der Waals surface area contributed by atoms with Crippen molar-refractivity contribution in [2.75, 3.05) is 0 Å².